The number of aliphatic hydroxyl groups excluding tert-OH is 5. The summed E-state index contributed by atoms with van der Waals surface area (Å²) in [6.07, 6.45) is 0. The molecule has 0 radical (unpaired) electrons. The molecule has 0 aliphatic carbocycles. The third-order valence-corrected chi connectivity index (χ3v) is 7.32. The van der Waals surface area contributed by atoms with Crippen LogP contribution in [0.1, 0.15) is 1.43 Å². The average molecular weight is 1510 g/mol. The zero-order valence-electron chi connectivity index (χ0n) is 58.5. The molecule has 44 heteroatoms. The minimum atomic E-state index is -0.953. The minimum Gasteiger partial charge on any atom is -1.00 e. The van der Waals surface area contributed by atoms with Crippen LogP contribution in [0.5, 0.6) is 0 Å². The summed E-state index contributed by atoms with van der Waals surface area (Å²) in [7, 11) is 17.4. The van der Waals surface area contributed by atoms with Gasteiger partial charge in [-0.25, -0.2) is 38.4 Å². The third kappa shape index (κ3) is 198. The number of hydrogen-bond acceptors (Lipinski definition) is 36. The Morgan fingerprint density at radius 2 is 0.427 bits per heavy atom. The number of methoxy groups -OCH3 is 12. The number of carbonyl (C=O) groups is 9. The van der Waals surface area contributed by atoms with E-state index in [0.717, 1.165) is 0 Å². The third-order valence-electron chi connectivity index (χ3n) is 6.86. The van der Waals surface area contributed by atoms with Crippen LogP contribution >= 0.6 is 15.9 Å². The van der Waals surface area contributed by atoms with Gasteiger partial charge in [-0.15, -0.1) is 0 Å². The van der Waals surface area contributed by atoms with Gasteiger partial charge in [-0.1, -0.05) is 15.9 Å². The quantitative estimate of drug-likeness (QED) is 0.00899. The van der Waals surface area contributed by atoms with Crippen LogP contribution in [-0.2, 0) is 143 Å². The Morgan fingerprint density at radius 3 is 0.552 bits per heavy atom. The van der Waals surface area contributed by atoms with Gasteiger partial charge < -0.3 is 152 Å². The largest absolute Gasteiger partial charge is 1.00 e. The normalized spacial score (nSPS) is 8.81. The van der Waals surface area contributed by atoms with Crippen LogP contribution < -0.4 is 48.4 Å². The summed E-state index contributed by atoms with van der Waals surface area (Å²) < 4.78 is 96.0. The Hall–Kier alpha value is -3.04. The molecule has 0 aromatic rings. The molecular weight excluding hydrogens is 1400 g/mol. The first kappa shape index (κ1) is 129. The van der Waals surface area contributed by atoms with Gasteiger partial charge in [-0.2, -0.15) is 0 Å². The molecule has 0 aliphatic heterocycles. The molecule has 0 fully saturated rings. The molecule has 0 aromatic heterocycles. The molecule has 10 N–H and O–H groups in total. The zero-order chi connectivity index (χ0) is 73.0. The number of hydrogen-bond donors (Lipinski definition) is 9. The first-order valence-electron chi connectivity index (χ1n) is 26.4. The summed E-state index contributed by atoms with van der Waals surface area (Å²) in [4.78, 5) is 90.4. The van der Waals surface area contributed by atoms with Crippen molar-refractivity contribution in [2.24, 2.45) is 0 Å². The number of aliphatic carboxylic acids is 4. The number of ether oxygens (including phenoxy) is 21. The molecule has 0 saturated heterocycles. The maximum absolute atomic E-state index is 10.4. The molecule has 0 bridgehead atoms. The van der Waals surface area contributed by atoms with E-state index in [-0.39, 0.29) is 195 Å². The molecule has 0 amide bonds. The van der Waals surface area contributed by atoms with E-state index in [2.05, 4.69) is 101 Å². The number of aliphatic hydroxyl groups is 5. The second kappa shape index (κ2) is 132. The predicted octanol–water partition coefficient (Wildman–Crippen LogP) is -11.2. The molecule has 0 aliphatic rings. The van der Waals surface area contributed by atoms with Crippen molar-refractivity contribution in [3.8, 4) is 0 Å². The fourth-order valence-electron chi connectivity index (χ4n) is 2.84. The van der Waals surface area contributed by atoms with E-state index in [1.165, 1.54) is 64.0 Å². The molecule has 0 spiro atoms. The Morgan fingerprint density at radius 1 is 0.271 bits per heavy atom. The van der Waals surface area contributed by atoms with Crippen LogP contribution in [0.15, 0.2) is 0 Å². The van der Waals surface area contributed by atoms with Gasteiger partial charge in [0.25, 0.3) is 0 Å². The maximum atomic E-state index is 10.4. The molecule has 572 valence electrons. The van der Waals surface area contributed by atoms with Gasteiger partial charge in [0.2, 0.25) is 0 Å². The van der Waals surface area contributed by atoms with E-state index < -0.39 is 35.8 Å². The van der Waals surface area contributed by atoms with E-state index in [1.807, 2.05) is 0 Å². The summed E-state index contributed by atoms with van der Waals surface area (Å²) in [6, 6.07) is 0. The number of esters is 5. The Balaban J connectivity index is -0.0000000531. The molecular formula is C52H112AlBrLiNaO40. The molecule has 0 rings (SSSR count). The number of halogens is 1. The van der Waals surface area contributed by atoms with Gasteiger partial charge in [0.05, 0.1) is 181 Å². The molecule has 40 nitrogen and oxygen atoms in total. The van der Waals surface area contributed by atoms with Crippen molar-refractivity contribution in [2.45, 2.75) is 0 Å². The SMILES string of the molecule is COC(=O)CBr.COC(=O)COCCO.COC(=O)COCCO.COCCOCC(=O)O.COCCOCC(=O)O.COCCOCC(=O)O.COCCOCC(=O)O.COCCOCC(=O)OC.COCCOCC(=O)OC.COCCOCCO.OCCO.[AlH3].[H-].[Li+].[Na+].[OH-]. The van der Waals surface area contributed by atoms with Gasteiger partial charge in [0.1, 0.15) is 58.2 Å². The molecule has 0 unspecified atom stereocenters. The van der Waals surface area contributed by atoms with Gasteiger partial charge in [0, 0.05) is 49.8 Å². The van der Waals surface area contributed by atoms with E-state index in [1.54, 1.807) is 21.3 Å². The van der Waals surface area contributed by atoms with Crippen LogP contribution in [0.3, 0.4) is 0 Å². The Labute approximate surface area is 616 Å². The van der Waals surface area contributed by atoms with E-state index in [0.29, 0.717) is 99.1 Å². The number of carboxylic acids is 4. The van der Waals surface area contributed by atoms with Crippen molar-refractivity contribution in [1.29, 1.82) is 0 Å². The fraction of sp³-hybridized carbons (Fsp3) is 0.827. The first-order valence-corrected chi connectivity index (χ1v) is 27.5. The Bertz CT molecular complexity index is 1370. The minimum absolute atomic E-state index is 0. The summed E-state index contributed by atoms with van der Waals surface area (Å²) >= 11 is 2.90. The van der Waals surface area contributed by atoms with Crippen molar-refractivity contribution in [3.63, 3.8) is 0 Å². The van der Waals surface area contributed by atoms with Crippen molar-refractivity contribution in [3.05, 3.63) is 0 Å². The van der Waals surface area contributed by atoms with E-state index in [4.69, 9.17) is 60.2 Å². The summed E-state index contributed by atoms with van der Waals surface area (Å²) in [5.74, 6) is -5.64. The average Bonchev–Trinajstić information content (AvgIpc) is 3.65. The Kier molecular flexibility index (Phi) is 178. The van der Waals surface area contributed by atoms with Gasteiger partial charge in [-0.3, -0.25) is 4.79 Å². The van der Waals surface area contributed by atoms with Gasteiger partial charge in [0.15, 0.2) is 17.4 Å². The zero-order valence-corrected chi connectivity index (χ0v) is 61.1. The first-order chi connectivity index (χ1) is 43.9. The molecule has 0 atom stereocenters. The standard InChI is InChI=1S/2C6H12O4.6C5H10O4.C5H12O3.C3H5BrO2.C2H6O2.Al.Li.Na.H2O.4H/c2*1-8-3-4-10-5-6(7)9-2;4*1-8-2-3-9-4-5(6)7;2*1-8-5(7)4-9-3-2-6;1-7-4-5-8-3-2-6;1-6-3(5)2-4;3-1-2-4;;;;;;;;/h2*3-5H2,1-2H3;4*2-4H2,1H3,(H,6,7);2*6H,2-4H2,1H3;6H,2-5H2,1H3;2H2,1H3;3-4H,1-2H2;;;;1H2;;;;/q;;;;;;;;;;;;2*+1;;;;;-1/p-1. The number of alkyl halides is 1. The van der Waals surface area contributed by atoms with Gasteiger partial charge >= 0.3 is 102 Å². The fourth-order valence-corrected chi connectivity index (χ4v) is 3.07. The van der Waals surface area contributed by atoms with Crippen LogP contribution in [0.25, 0.3) is 0 Å². The molecule has 96 heavy (non-hydrogen) atoms. The molecule has 0 saturated carbocycles. The topological polar surface area (TPSA) is 560 Å². The second-order valence-electron chi connectivity index (χ2n) is 14.2. The van der Waals surface area contributed by atoms with Crippen LogP contribution in [-0.4, -0.2) is 411 Å². The van der Waals surface area contributed by atoms with Crippen molar-refractivity contribution >= 4 is 87.0 Å². The summed E-state index contributed by atoms with van der Waals surface area (Å²) in [6.45, 7) is 5.39. The van der Waals surface area contributed by atoms with Crippen molar-refractivity contribution in [1.82, 2.24) is 0 Å². The number of carboxylic acid groups (broad SMARTS) is 4. The van der Waals surface area contributed by atoms with Crippen LogP contribution in [0.2, 0.25) is 0 Å². The second-order valence-corrected chi connectivity index (χ2v) is 14.8. The van der Waals surface area contributed by atoms with E-state index >= 15 is 0 Å². The summed E-state index contributed by atoms with van der Waals surface area (Å²) in [5, 5.41) is 72.3. The number of carbonyl (C=O) groups excluding carboxylic acids is 5. The maximum Gasteiger partial charge on any atom is 1.00 e. The van der Waals surface area contributed by atoms with Gasteiger partial charge in [-0.05, 0) is 0 Å². The number of rotatable bonds is 45. The molecule has 0 heterocycles. The van der Waals surface area contributed by atoms with E-state index in [9.17, 15) is 43.2 Å². The predicted molar refractivity (Wildman–Crippen MR) is 333 cm³/mol. The van der Waals surface area contributed by atoms with Crippen molar-refractivity contribution < 1.29 is 244 Å². The monoisotopic (exact) mass is 1510 g/mol. The molecule has 0 aromatic carbocycles. The smallest absolute Gasteiger partial charge is 1.00 e. The van der Waals surface area contributed by atoms with Crippen molar-refractivity contribution in [2.75, 3.05) is 289 Å². The van der Waals surface area contributed by atoms with Crippen LogP contribution in [0.4, 0.5) is 0 Å². The summed E-state index contributed by atoms with van der Waals surface area (Å²) in [5.41, 5.74) is 0. The van der Waals surface area contributed by atoms with Crippen LogP contribution in [0, 0.1) is 0 Å².